The molecule has 0 aliphatic rings. The summed E-state index contributed by atoms with van der Waals surface area (Å²) in [7, 11) is 0. The van der Waals surface area contributed by atoms with Gasteiger partial charge in [0.05, 0.1) is 5.69 Å². The fraction of sp³-hybridized carbons (Fsp3) is 0.125. The van der Waals surface area contributed by atoms with Crippen LogP contribution in [0, 0.1) is 0 Å². The van der Waals surface area contributed by atoms with E-state index in [1.54, 1.807) is 12.4 Å². The topological polar surface area (TPSA) is 58.6 Å². The SMILES string of the molecule is O=c1cc(-c2ccncc2)[nH]c(CCC(c2ccccc2)c2ccccc2)n1. The van der Waals surface area contributed by atoms with E-state index >= 15 is 0 Å². The first kappa shape index (κ1) is 17.9. The van der Waals surface area contributed by atoms with Crippen LogP contribution >= 0.6 is 0 Å². The Kier molecular flexibility index (Phi) is 5.38. The van der Waals surface area contributed by atoms with Crippen molar-refractivity contribution < 1.29 is 0 Å². The third-order valence-corrected chi connectivity index (χ3v) is 4.86. The molecule has 0 radical (unpaired) electrons. The molecule has 0 saturated carbocycles. The van der Waals surface area contributed by atoms with Gasteiger partial charge in [-0.1, -0.05) is 60.7 Å². The zero-order valence-corrected chi connectivity index (χ0v) is 15.5. The predicted molar refractivity (Wildman–Crippen MR) is 111 cm³/mol. The van der Waals surface area contributed by atoms with Gasteiger partial charge in [0, 0.05) is 36.4 Å². The number of aromatic nitrogens is 3. The van der Waals surface area contributed by atoms with Crippen LogP contribution in [0.15, 0.2) is 96.1 Å². The summed E-state index contributed by atoms with van der Waals surface area (Å²) in [6.45, 7) is 0. The van der Waals surface area contributed by atoms with Crippen molar-refractivity contribution in [2.24, 2.45) is 0 Å². The first-order chi connectivity index (χ1) is 13.8. The first-order valence-corrected chi connectivity index (χ1v) is 9.40. The summed E-state index contributed by atoms with van der Waals surface area (Å²) in [5.41, 5.74) is 4.01. The van der Waals surface area contributed by atoms with Crippen molar-refractivity contribution in [1.82, 2.24) is 15.0 Å². The van der Waals surface area contributed by atoms with E-state index in [4.69, 9.17) is 0 Å². The Morgan fingerprint density at radius 2 is 1.43 bits per heavy atom. The van der Waals surface area contributed by atoms with E-state index in [0.717, 1.165) is 17.7 Å². The molecule has 0 aliphatic carbocycles. The highest BCUT2D eigenvalue weighted by Gasteiger charge is 2.15. The first-order valence-electron chi connectivity index (χ1n) is 9.40. The Hall–Kier alpha value is -3.53. The molecule has 0 aliphatic heterocycles. The number of nitrogens with one attached hydrogen (secondary N) is 1. The second kappa shape index (κ2) is 8.44. The summed E-state index contributed by atoms with van der Waals surface area (Å²) in [4.78, 5) is 23.7. The zero-order valence-electron chi connectivity index (χ0n) is 15.5. The minimum absolute atomic E-state index is 0.225. The van der Waals surface area contributed by atoms with Crippen molar-refractivity contribution in [2.75, 3.05) is 0 Å². The molecule has 4 rings (SSSR count). The quantitative estimate of drug-likeness (QED) is 0.542. The van der Waals surface area contributed by atoms with Crippen LogP contribution in [0.5, 0.6) is 0 Å². The van der Waals surface area contributed by atoms with E-state index < -0.39 is 0 Å². The lowest BCUT2D eigenvalue weighted by atomic mass is 9.87. The van der Waals surface area contributed by atoms with Crippen LogP contribution in [-0.4, -0.2) is 15.0 Å². The number of hydrogen-bond acceptors (Lipinski definition) is 3. The van der Waals surface area contributed by atoms with Gasteiger partial charge in [-0.25, -0.2) is 0 Å². The number of aryl methyl sites for hydroxylation is 1. The van der Waals surface area contributed by atoms with Gasteiger partial charge in [0.1, 0.15) is 5.82 Å². The largest absolute Gasteiger partial charge is 0.343 e. The average molecular weight is 367 g/mol. The Morgan fingerprint density at radius 1 is 0.821 bits per heavy atom. The van der Waals surface area contributed by atoms with Gasteiger partial charge in [-0.2, -0.15) is 4.98 Å². The molecular formula is C24H21N3O. The van der Waals surface area contributed by atoms with Gasteiger partial charge >= 0.3 is 0 Å². The van der Waals surface area contributed by atoms with Crippen LogP contribution in [0.25, 0.3) is 11.3 Å². The highest BCUT2D eigenvalue weighted by atomic mass is 16.1. The van der Waals surface area contributed by atoms with Crippen molar-refractivity contribution in [1.29, 1.82) is 0 Å². The Labute approximate surface area is 164 Å². The monoisotopic (exact) mass is 367 g/mol. The van der Waals surface area contributed by atoms with Crippen LogP contribution in [-0.2, 0) is 6.42 Å². The smallest absolute Gasteiger partial charge is 0.273 e. The second-order valence-electron chi connectivity index (χ2n) is 6.73. The van der Waals surface area contributed by atoms with Gasteiger partial charge < -0.3 is 4.98 Å². The van der Waals surface area contributed by atoms with Crippen LogP contribution < -0.4 is 5.56 Å². The predicted octanol–water partition coefficient (Wildman–Crippen LogP) is 4.60. The number of rotatable bonds is 6. The maximum atomic E-state index is 12.1. The van der Waals surface area contributed by atoms with Crippen molar-refractivity contribution in [3.05, 3.63) is 119 Å². The fourth-order valence-electron chi connectivity index (χ4n) is 3.49. The lowest BCUT2D eigenvalue weighted by Crippen LogP contribution is -2.12. The van der Waals surface area contributed by atoms with Crippen molar-refractivity contribution >= 4 is 0 Å². The molecule has 0 spiro atoms. The van der Waals surface area contributed by atoms with E-state index in [1.165, 1.54) is 17.2 Å². The second-order valence-corrected chi connectivity index (χ2v) is 6.73. The summed E-state index contributed by atoms with van der Waals surface area (Å²) >= 11 is 0. The van der Waals surface area contributed by atoms with Gasteiger partial charge in [-0.3, -0.25) is 9.78 Å². The van der Waals surface area contributed by atoms with E-state index in [-0.39, 0.29) is 11.5 Å². The Morgan fingerprint density at radius 3 is 2.04 bits per heavy atom. The zero-order chi connectivity index (χ0) is 19.2. The molecule has 1 N–H and O–H groups in total. The fourth-order valence-corrected chi connectivity index (χ4v) is 3.49. The molecule has 0 saturated heterocycles. The highest BCUT2D eigenvalue weighted by molar-refractivity contribution is 5.57. The van der Waals surface area contributed by atoms with Crippen molar-refractivity contribution in [2.45, 2.75) is 18.8 Å². The standard InChI is InChI=1S/C24H21N3O/c28-24-17-22(20-13-15-25-16-14-20)26-23(27-24)12-11-21(18-7-3-1-4-8-18)19-9-5-2-6-10-19/h1-10,13-17,21H,11-12H2,(H,26,27,28). The van der Waals surface area contributed by atoms with Gasteiger partial charge in [0.2, 0.25) is 0 Å². The van der Waals surface area contributed by atoms with Crippen molar-refractivity contribution in [3.63, 3.8) is 0 Å². The third kappa shape index (κ3) is 4.23. The molecule has 4 nitrogen and oxygen atoms in total. The normalized spacial score (nSPS) is 10.9. The van der Waals surface area contributed by atoms with Gasteiger partial charge in [-0.15, -0.1) is 0 Å². The summed E-state index contributed by atoms with van der Waals surface area (Å²) in [5.74, 6) is 0.952. The molecule has 28 heavy (non-hydrogen) atoms. The Balaban J connectivity index is 1.61. The van der Waals surface area contributed by atoms with Crippen LogP contribution in [0.3, 0.4) is 0 Å². The minimum Gasteiger partial charge on any atom is -0.343 e. The van der Waals surface area contributed by atoms with Crippen LogP contribution in [0.1, 0.15) is 29.3 Å². The molecule has 0 bridgehead atoms. The Bertz CT molecular complexity index is 1040. The molecule has 4 heteroatoms. The average Bonchev–Trinajstić information content (AvgIpc) is 2.76. The summed E-state index contributed by atoms with van der Waals surface area (Å²) in [6, 6.07) is 26.2. The van der Waals surface area contributed by atoms with Crippen molar-refractivity contribution in [3.8, 4) is 11.3 Å². The van der Waals surface area contributed by atoms with E-state index in [1.807, 2.05) is 24.3 Å². The molecule has 0 amide bonds. The summed E-state index contributed by atoms with van der Waals surface area (Å²) in [6.07, 6.45) is 4.97. The lowest BCUT2D eigenvalue weighted by molar-refractivity contribution is 0.688. The highest BCUT2D eigenvalue weighted by Crippen LogP contribution is 2.29. The van der Waals surface area contributed by atoms with Crippen LogP contribution in [0.4, 0.5) is 0 Å². The van der Waals surface area contributed by atoms with Crippen LogP contribution in [0.2, 0.25) is 0 Å². The maximum absolute atomic E-state index is 12.1. The molecule has 0 atom stereocenters. The number of nitrogens with zero attached hydrogens (tertiary/aromatic N) is 2. The van der Waals surface area contributed by atoms with E-state index in [0.29, 0.717) is 12.2 Å². The molecule has 2 heterocycles. The molecule has 0 unspecified atom stereocenters. The lowest BCUT2D eigenvalue weighted by Gasteiger charge is -2.18. The number of hydrogen-bond donors (Lipinski definition) is 1. The molecular weight excluding hydrogens is 346 g/mol. The van der Waals surface area contributed by atoms with Gasteiger partial charge in [-0.05, 0) is 29.7 Å². The number of aromatic amines is 1. The number of benzene rings is 2. The molecule has 138 valence electrons. The number of pyridine rings is 1. The summed E-state index contributed by atoms with van der Waals surface area (Å²) < 4.78 is 0. The minimum atomic E-state index is -0.225. The maximum Gasteiger partial charge on any atom is 0.273 e. The van der Waals surface area contributed by atoms with E-state index in [9.17, 15) is 4.79 Å². The molecule has 4 aromatic rings. The molecule has 0 fully saturated rings. The summed E-state index contributed by atoms with van der Waals surface area (Å²) in [5, 5.41) is 0. The molecule has 2 aromatic carbocycles. The van der Waals surface area contributed by atoms with Gasteiger partial charge in [0.15, 0.2) is 0 Å². The molecule has 2 aromatic heterocycles. The third-order valence-electron chi connectivity index (χ3n) is 4.86. The van der Waals surface area contributed by atoms with E-state index in [2.05, 4.69) is 63.5 Å². The number of H-pyrrole nitrogens is 1. The van der Waals surface area contributed by atoms with Gasteiger partial charge in [0.25, 0.3) is 5.56 Å².